The van der Waals surface area contributed by atoms with E-state index in [1.807, 2.05) is 37.3 Å². The molecule has 4 rings (SSSR count). The van der Waals surface area contributed by atoms with Crippen molar-refractivity contribution in [3.05, 3.63) is 66.5 Å². The van der Waals surface area contributed by atoms with Crippen LogP contribution in [0.15, 0.2) is 70.1 Å². The molecule has 0 radical (unpaired) electrons. The van der Waals surface area contributed by atoms with Crippen molar-refractivity contribution in [1.29, 1.82) is 0 Å². The summed E-state index contributed by atoms with van der Waals surface area (Å²) in [5.41, 5.74) is 3.30. The Balaban J connectivity index is 1.69. The number of aryl methyl sites for hydroxylation is 1. The van der Waals surface area contributed by atoms with Crippen molar-refractivity contribution in [2.24, 2.45) is 0 Å². The Labute approximate surface area is 168 Å². The fourth-order valence-corrected chi connectivity index (χ4v) is 3.69. The molecule has 0 fully saturated rings. The van der Waals surface area contributed by atoms with Gasteiger partial charge in [0.25, 0.3) is 5.89 Å². The molecule has 146 valence electrons. The first-order valence-corrected chi connectivity index (χ1v) is 10.7. The lowest BCUT2D eigenvalue weighted by atomic mass is 10.1. The molecule has 7 nitrogen and oxygen atoms in total. The first kappa shape index (κ1) is 18.9. The van der Waals surface area contributed by atoms with Gasteiger partial charge in [-0.3, -0.25) is 4.98 Å². The predicted octanol–water partition coefficient (Wildman–Crippen LogP) is 3.96. The fraction of sp³-hybridized carbons (Fsp3) is 0.143. The highest BCUT2D eigenvalue weighted by atomic mass is 32.2. The van der Waals surface area contributed by atoms with Crippen molar-refractivity contribution < 1.29 is 12.8 Å². The van der Waals surface area contributed by atoms with Crippen molar-refractivity contribution in [3.8, 4) is 34.3 Å². The standard InChI is InChI=1S/C21H18N4O3S/c1-3-29(26,27)17-11-9-15(10-12-17)18-13-22-14(2)19(23-18)21-25-24-20(28-21)16-7-5-4-6-8-16/h4-13H,3H2,1-2H3. The van der Waals surface area contributed by atoms with Crippen LogP contribution in [0.5, 0.6) is 0 Å². The zero-order chi connectivity index (χ0) is 20.4. The molecule has 0 spiro atoms. The molecule has 2 aromatic heterocycles. The van der Waals surface area contributed by atoms with Gasteiger partial charge < -0.3 is 4.42 Å². The number of sulfone groups is 1. The average molecular weight is 406 g/mol. The van der Waals surface area contributed by atoms with Gasteiger partial charge in [-0.25, -0.2) is 13.4 Å². The number of nitrogens with zero attached hydrogens (tertiary/aromatic N) is 4. The number of aromatic nitrogens is 4. The van der Waals surface area contributed by atoms with Gasteiger partial charge in [0.1, 0.15) is 5.69 Å². The van der Waals surface area contributed by atoms with Crippen LogP contribution >= 0.6 is 0 Å². The quantitative estimate of drug-likeness (QED) is 0.494. The molecular weight excluding hydrogens is 388 g/mol. The van der Waals surface area contributed by atoms with Crippen LogP contribution in [0.4, 0.5) is 0 Å². The lowest BCUT2D eigenvalue weighted by Crippen LogP contribution is -2.03. The molecule has 4 aromatic rings. The van der Waals surface area contributed by atoms with E-state index in [4.69, 9.17) is 4.42 Å². The minimum Gasteiger partial charge on any atom is -0.415 e. The molecule has 0 saturated heterocycles. The van der Waals surface area contributed by atoms with Gasteiger partial charge in [-0.05, 0) is 31.2 Å². The van der Waals surface area contributed by atoms with Crippen LogP contribution in [0.1, 0.15) is 12.6 Å². The van der Waals surface area contributed by atoms with Crippen molar-refractivity contribution in [1.82, 2.24) is 20.2 Å². The van der Waals surface area contributed by atoms with Crippen LogP contribution in [0.3, 0.4) is 0 Å². The number of benzene rings is 2. The Bertz CT molecular complexity index is 1250. The van der Waals surface area contributed by atoms with Crippen LogP contribution in [0.2, 0.25) is 0 Å². The van der Waals surface area contributed by atoms with E-state index in [1.165, 1.54) is 0 Å². The van der Waals surface area contributed by atoms with E-state index in [0.717, 1.165) is 11.1 Å². The summed E-state index contributed by atoms with van der Waals surface area (Å²) in [7, 11) is -3.25. The number of hydrogen-bond acceptors (Lipinski definition) is 7. The van der Waals surface area contributed by atoms with Gasteiger partial charge in [-0.15, -0.1) is 10.2 Å². The molecule has 29 heavy (non-hydrogen) atoms. The van der Waals surface area contributed by atoms with Crippen LogP contribution in [0, 0.1) is 6.92 Å². The van der Waals surface area contributed by atoms with E-state index < -0.39 is 9.84 Å². The van der Waals surface area contributed by atoms with E-state index in [1.54, 1.807) is 37.4 Å². The normalized spacial score (nSPS) is 11.5. The highest BCUT2D eigenvalue weighted by molar-refractivity contribution is 7.91. The molecular formula is C21H18N4O3S. The Hall–Kier alpha value is -3.39. The molecule has 0 N–H and O–H groups in total. The van der Waals surface area contributed by atoms with Gasteiger partial charge >= 0.3 is 0 Å². The van der Waals surface area contributed by atoms with Gasteiger partial charge in [-0.1, -0.05) is 37.3 Å². The zero-order valence-electron chi connectivity index (χ0n) is 15.9. The molecule has 0 bridgehead atoms. The molecule has 0 atom stereocenters. The van der Waals surface area contributed by atoms with Crippen molar-refractivity contribution in [2.75, 3.05) is 5.75 Å². The minimum atomic E-state index is -3.25. The van der Waals surface area contributed by atoms with Crippen molar-refractivity contribution in [2.45, 2.75) is 18.7 Å². The monoisotopic (exact) mass is 406 g/mol. The van der Waals surface area contributed by atoms with Gasteiger partial charge in [0.2, 0.25) is 5.89 Å². The van der Waals surface area contributed by atoms with E-state index in [2.05, 4.69) is 20.2 Å². The molecule has 2 aromatic carbocycles. The predicted molar refractivity (Wildman–Crippen MR) is 109 cm³/mol. The molecule has 2 heterocycles. The first-order valence-electron chi connectivity index (χ1n) is 9.04. The number of hydrogen-bond donors (Lipinski definition) is 0. The molecule has 0 unspecified atom stereocenters. The molecule has 0 saturated carbocycles. The zero-order valence-corrected chi connectivity index (χ0v) is 16.7. The molecule has 8 heteroatoms. The topological polar surface area (TPSA) is 98.8 Å². The third-order valence-electron chi connectivity index (χ3n) is 4.49. The lowest BCUT2D eigenvalue weighted by molar-refractivity contribution is 0.581. The van der Waals surface area contributed by atoms with Gasteiger partial charge in [0, 0.05) is 11.1 Å². The molecule has 0 aliphatic heterocycles. The molecule has 0 aliphatic rings. The number of rotatable bonds is 5. The lowest BCUT2D eigenvalue weighted by Gasteiger charge is -2.06. The maximum atomic E-state index is 12.0. The SMILES string of the molecule is CCS(=O)(=O)c1ccc(-c2cnc(C)c(-c3nnc(-c4ccccc4)o3)n2)cc1. The highest BCUT2D eigenvalue weighted by Crippen LogP contribution is 2.27. The Kier molecular flexibility index (Phi) is 4.94. The summed E-state index contributed by atoms with van der Waals surface area (Å²) >= 11 is 0. The second-order valence-corrected chi connectivity index (χ2v) is 8.67. The molecule has 0 aliphatic carbocycles. The highest BCUT2D eigenvalue weighted by Gasteiger charge is 2.17. The van der Waals surface area contributed by atoms with Crippen LogP contribution < -0.4 is 0 Å². The van der Waals surface area contributed by atoms with Crippen molar-refractivity contribution >= 4 is 9.84 Å². The first-order chi connectivity index (χ1) is 14.0. The van der Waals surface area contributed by atoms with Crippen LogP contribution in [0.25, 0.3) is 34.3 Å². The van der Waals surface area contributed by atoms with E-state index in [-0.39, 0.29) is 16.5 Å². The third-order valence-corrected chi connectivity index (χ3v) is 6.24. The van der Waals surface area contributed by atoms with E-state index >= 15 is 0 Å². The molecule has 0 amide bonds. The summed E-state index contributed by atoms with van der Waals surface area (Å²) in [6, 6.07) is 16.1. The minimum absolute atomic E-state index is 0.0573. The third kappa shape index (κ3) is 3.79. The van der Waals surface area contributed by atoms with Crippen molar-refractivity contribution in [3.63, 3.8) is 0 Å². The average Bonchev–Trinajstić information content (AvgIpc) is 3.25. The Morgan fingerprint density at radius 3 is 2.28 bits per heavy atom. The summed E-state index contributed by atoms with van der Waals surface area (Å²) < 4.78 is 29.8. The largest absolute Gasteiger partial charge is 0.415 e. The second kappa shape index (κ2) is 7.56. The summed E-state index contributed by atoms with van der Waals surface area (Å²) in [6.07, 6.45) is 1.64. The van der Waals surface area contributed by atoms with Gasteiger partial charge in [0.15, 0.2) is 9.84 Å². The summed E-state index contributed by atoms with van der Waals surface area (Å²) in [5.74, 6) is 0.740. The Morgan fingerprint density at radius 1 is 0.897 bits per heavy atom. The van der Waals surface area contributed by atoms with Crippen LogP contribution in [-0.2, 0) is 9.84 Å². The maximum absolute atomic E-state index is 12.0. The van der Waals surface area contributed by atoms with E-state index in [0.29, 0.717) is 23.0 Å². The van der Waals surface area contributed by atoms with Gasteiger partial charge in [0.05, 0.1) is 28.2 Å². The fourth-order valence-electron chi connectivity index (χ4n) is 2.81. The van der Waals surface area contributed by atoms with Crippen LogP contribution in [-0.4, -0.2) is 34.3 Å². The summed E-state index contributed by atoms with van der Waals surface area (Å²) in [4.78, 5) is 9.30. The summed E-state index contributed by atoms with van der Waals surface area (Å²) in [6.45, 7) is 3.44. The smallest absolute Gasteiger partial charge is 0.268 e. The van der Waals surface area contributed by atoms with Gasteiger partial charge in [-0.2, -0.15) is 0 Å². The Morgan fingerprint density at radius 2 is 1.59 bits per heavy atom. The maximum Gasteiger partial charge on any atom is 0.268 e. The second-order valence-electron chi connectivity index (χ2n) is 6.40. The summed E-state index contributed by atoms with van der Waals surface area (Å²) in [5, 5.41) is 8.22. The van der Waals surface area contributed by atoms with E-state index in [9.17, 15) is 8.42 Å².